The van der Waals surface area contributed by atoms with E-state index in [1.807, 2.05) is 6.08 Å². The minimum absolute atomic E-state index is 0.248. The van der Waals surface area contributed by atoms with Gasteiger partial charge in [0.2, 0.25) is 0 Å². The molecule has 0 radical (unpaired) electrons. The number of nitrogen functional groups attached to an aromatic ring is 1. The molecule has 4 N–H and O–H groups in total. The highest BCUT2D eigenvalue weighted by Crippen LogP contribution is 2.19. The van der Waals surface area contributed by atoms with E-state index in [0.717, 1.165) is 19.3 Å². The first-order valence-corrected chi connectivity index (χ1v) is 9.06. The number of aryl methyl sites for hydroxylation is 1. The summed E-state index contributed by atoms with van der Waals surface area (Å²) in [5.41, 5.74) is 6.70. The van der Waals surface area contributed by atoms with Crippen LogP contribution < -0.4 is 21.9 Å². The van der Waals surface area contributed by atoms with E-state index in [0.29, 0.717) is 41.0 Å². The van der Waals surface area contributed by atoms with Crippen LogP contribution >= 0.6 is 0 Å². The quantitative estimate of drug-likeness (QED) is 0.766. The summed E-state index contributed by atoms with van der Waals surface area (Å²) >= 11 is 0. The maximum Gasteiger partial charge on any atom is 0.278 e. The van der Waals surface area contributed by atoms with Crippen LogP contribution in [0.3, 0.4) is 0 Å². The summed E-state index contributed by atoms with van der Waals surface area (Å²) in [5.74, 6) is 0.827. The van der Waals surface area contributed by atoms with E-state index >= 15 is 0 Å². The van der Waals surface area contributed by atoms with Gasteiger partial charge in [-0.25, -0.2) is 9.97 Å². The molecule has 0 saturated carbocycles. The normalized spacial score (nSPS) is 18.3. The molecule has 1 amide bonds. The van der Waals surface area contributed by atoms with Gasteiger partial charge in [-0.1, -0.05) is 13.0 Å². The van der Waals surface area contributed by atoms with Crippen LogP contribution in [0, 0.1) is 12.8 Å². The van der Waals surface area contributed by atoms with E-state index in [2.05, 4.69) is 27.5 Å². The second-order valence-corrected chi connectivity index (χ2v) is 6.63. The molecule has 2 aromatic rings. The van der Waals surface area contributed by atoms with Crippen LogP contribution in [0.4, 0.5) is 17.3 Å². The fourth-order valence-electron chi connectivity index (χ4n) is 3.16. The van der Waals surface area contributed by atoms with Crippen molar-refractivity contribution in [3.05, 3.63) is 46.1 Å². The molecule has 0 spiro atoms. The summed E-state index contributed by atoms with van der Waals surface area (Å²) in [7, 11) is 0. The molecular formula is C19H24N6O2. The molecule has 0 aromatic carbocycles. The SMILES string of the molecule is CCC1/C=C\n2c(c(C)cc(Nc3cc(N)ncn3)c2=O)C(=O)NCCC1. The summed E-state index contributed by atoms with van der Waals surface area (Å²) in [6, 6.07) is 3.20. The Balaban J connectivity index is 2.09. The number of nitrogens with one attached hydrogen (secondary N) is 2. The Hall–Kier alpha value is -3.16. The van der Waals surface area contributed by atoms with Crippen LogP contribution in [0.2, 0.25) is 0 Å². The predicted octanol–water partition coefficient (Wildman–Crippen LogP) is 2.29. The largest absolute Gasteiger partial charge is 0.384 e. The van der Waals surface area contributed by atoms with Crippen molar-refractivity contribution < 1.29 is 4.79 Å². The number of aromatic nitrogens is 3. The highest BCUT2D eigenvalue weighted by molar-refractivity contribution is 5.95. The molecular weight excluding hydrogens is 344 g/mol. The standard InChI is InChI=1S/C19H24N6O2/c1-3-13-5-4-7-21-18(26)17-12(2)9-14(19(27)25(17)8-6-13)24-16-10-15(20)22-11-23-16/h6,8-11,13H,3-5,7H2,1-2H3,(H,21,26)(H3,20,22,23,24)/b8-6-. The third-order valence-electron chi connectivity index (χ3n) is 4.66. The molecule has 3 rings (SSSR count). The van der Waals surface area contributed by atoms with E-state index in [1.165, 1.54) is 10.9 Å². The van der Waals surface area contributed by atoms with E-state index in [9.17, 15) is 9.59 Å². The summed E-state index contributed by atoms with van der Waals surface area (Å²) in [6.07, 6.45) is 7.90. The third kappa shape index (κ3) is 4.16. The Morgan fingerprint density at radius 2 is 2.15 bits per heavy atom. The highest BCUT2D eigenvalue weighted by Gasteiger charge is 2.19. The number of pyridine rings is 1. The molecule has 8 heteroatoms. The maximum atomic E-state index is 13.1. The second-order valence-electron chi connectivity index (χ2n) is 6.63. The average Bonchev–Trinajstić information content (AvgIpc) is 2.64. The average molecular weight is 368 g/mol. The van der Waals surface area contributed by atoms with Gasteiger partial charge in [-0.2, -0.15) is 0 Å². The van der Waals surface area contributed by atoms with Gasteiger partial charge in [0.25, 0.3) is 11.5 Å². The van der Waals surface area contributed by atoms with E-state index in [1.54, 1.807) is 25.3 Å². The fourth-order valence-corrected chi connectivity index (χ4v) is 3.16. The van der Waals surface area contributed by atoms with Gasteiger partial charge in [0.05, 0.1) is 0 Å². The van der Waals surface area contributed by atoms with Crippen LogP contribution in [0.15, 0.2) is 29.3 Å². The lowest BCUT2D eigenvalue weighted by molar-refractivity contribution is 0.0944. The Bertz CT molecular complexity index is 934. The van der Waals surface area contributed by atoms with Crippen LogP contribution in [0.1, 0.15) is 42.2 Å². The van der Waals surface area contributed by atoms with Crippen molar-refractivity contribution in [3.8, 4) is 0 Å². The lowest BCUT2D eigenvalue weighted by Gasteiger charge is -2.18. The maximum absolute atomic E-state index is 13.1. The predicted molar refractivity (Wildman–Crippen MR) is 106 cm³/mol. The van der Waals surface area contributed by atoms with Gasteiger partial charge in [-0.15, -0.1) is 0 Å². The molecule has 1 unspecified atom stereocenters. The van der Waals surface area contributed by atoms with Crippen molar-refractivity contribution >= 4 is 29.4 Å². The number of nitrogens with two attached hydrogens (primary N) is 1. The summed E-state index contributed by atoms with van der Waals surface area (Å²) < 4.78 is 1.41. The minimum Gasteiger partial charge on any atom is -0.384 e. The number of allylic oxidation sites excluding steroid dienone is 1. The number of rotatable bonds is 3. The zero-order valence-corrected chi connectivity index (χ0v) is 15.5. The first-order chi connectivity index (χ1) is 13.0. The molecule has 8 nitrogen and oxygen atoms in total. The van der Waals surface area contributed by atoms with Gasteiger partial charge < -0.3 is 16.4 Å². The number of anilines is 3. The molecule has 3 heterocycles. The molecule has 27 heavy (non-hydrogen) atoms. The topological polar surface area (TPSA) is 115 Å². The molecule has 0 aliphatic carbocycles. The van der Waals surface area contributed by atoms with Crippen molar-refractivity contribution in [1.29, 1.82) is 0 Å². The molecule has 2 aromatic heterocycles. The van der Waals surface area contributed by atoms with Crippen LogP contribution in [0.25, 0.3) is 6.20 Å². The number of nitrogens with zero attached hydrogens (tertiary/aromatic N) is 3. The van der Waals surface area contributed by atoms with Crippen LogP contribution in [-0.2, 0) is 0 Å². The molecule has 1 atom stereocenters. The number of carbonyl (C=O) groups is 1. The molecule has 0 saturated heterocycles. The van der Waals surface area contributed by atoms with Gasteiger partial charge >= 0.3 is 0 Å². The number of hydrogen-bond acceptors (Lipinski definition) is 6. The van der Waals surface area contributed by atoms with E-state index in [-0.39, 0.29) is 11.5 Å². The summed E-state index contributed by atoms with van der Waals surface area (Å²) in [6.45, 7) is 4.52. The van der Waals surface area contributed by atoms with Gasteiger partial charge in [0.1, 0.15) is 29.3 Å². The first-order valence-electron chi connectivity index (χ1n) is 9.06. The van der Waals surface area contributed by atoms with Crippen LogP contribution in [-0.4, -0.2) is 27.0 Å². The Morgan fingerprint density at radius 1 is 1.33 bits per heavy atom. The van der Waals surface area contributed by atoms with Crippen molar-refractivity contribution in [2.75, 3.05) is 17.6 Å². The number of fused-ring (bicyclic) bond motifs is 1. The summed E-state index contributed by atoms with van der Waals surface area (Å²) in [4.78, 5) is 33.6. The van der Waals surface area contributed by atoms with Crippen LogP contribution in [0.5, 0.6) is 0 Å². The van der Waals surface area contributed by atoms with Gasteiger partial charge in [0.15, 0.2) is 0 Å². The molecule has 1 aliphatic heterocycles. The van der Waals surface area contributed by atoms with Gasteiger partial charge in [-0.05, 0) is 43.7 Å². The van der Waals surface area contributed by atoms with Gasteiger partial charge in [0, 0.05) is 18.8 Å². The fraction of sp³-hybridized carbons (Fsp3) is 0.368. The van der Waals surface area contributed by atoms with Crippen molar-refractivity contribution in [2.24, 2.45) is 5.92 Å². The van der Waals surface area contributed by atoms with Crippen molar-refractivity contribution in [3.63, 3.8) is 0 Å². The van der Waals surface area contributed by atoms with Crippen molar-refractivity contribution in [2.45, 2.75) is 33.1 Å². The number of amides is 1. The lowest BCUT2D eigenvalue weighted by atomic mass is 10.00. The molecule has 0 bridgehead atoms. The van der Waals surface area contributed by atoms with Crippen molar-refractivity contribution in [1.82, 2.24) is 19.9 Å². The number of hydrogen-bond donors (Lipinski definition) is 3. The zero-order chi connectivity index (χ0) is 19.4. The monoisotopic (exact) mass is 368 g/mol. The van der Waals surface area contributed by atoms with Gasteiger partial charge in [-0.3, -0.25) is 14.2 Å². The first kappa shape index (κ1) is 18.6. The van der Waals surface area contributed by atoms with E-state index in [4.69, 9.17) is 5.73 Å². The Kier molecular flexibility index (Phi) is 5.54. The molecule has 0 fully saturated rings. The van der Waals surface area contributed by atoms with E-state index < -0.39 is 0 Å². The third-order valence-corrected chi connectivity index (χ3v) is 4.66. The highest BCUT2D eigenvalue weighted by atomic mass is 16.2. The molecule has 1 aliphatic rings. The molecule has 142 valence electrons. The Morgan fingerprint density at radius 3 is 2.89 bits per heavy atom. The zero-order valence-electron chi connectivity index (χ0n) is 15.5. The smallest absolute Gasteiger partial charge is 0.278 e. The minimum atomic E-state index is -0.324. The second kappa shape index (κ2) is 8.03. The lowest BCUT2D eigenvalue weighted by Crippen LogP contribution is -2.33. The Labute approximate surface area is 157 Å². The summed E-state index contributed by atoms with van der Waals surface area (Å²) in [5, 5.41) is 5.89. The number of carbonyl (C=O) groups excluding carboxylic acids is 1.